The van der Waals surface area contributed by atoms with Crippen LogP contribution in [0, 0.1) is 0 Å². The fraction of sp³-hybridized carbons (Fsp3) is 0.278. The molecule has 0 saturated heterocycles. The lowest BCUT2D eigenvalue weighted by atomic mass is 9.84. The monoisotopic (exact) mass is 328 g/mol. The standard InChI is InChI=1S/C18H20N2O4/c1-18(2,13-4-6-14(24-3)7-5-13)11-20-16(21)15-10-12(17(22)23)8-9-19-15/h4-10H,11H2,1-3H3,(H,20,21)(H,22,23). The van der Waals surface area contributed by atoms with Crippen molar-refractivity contribution in [2.75, 3.05) is 13.7 Å². The number of rotatable bonds is 6. The van der Waals surface area contributed by atoms with Crippen LogP contribution in [0.5, 0.6) is 5.75 Å². The largest absolute Gasteiger partial charge is 0.497 e. The molecule has 24 heavy (non-hydrogen) atoms. The van der Waals surface area contributed by atoms with E-state index in [4.69, 9.17) is 9.84 Å². The molecule has 0 bridgehead atoms. The zero-order chi connectivity index (χ0) is 17.7. The molecule has 0 saturated carbocycles. The minimum Gasteiger partial charge on any atom is -0.497 e. The van der Waals surface area contributed by atoms with Crippen molar-refractivity contribution in [3.63, 3.8) is 0 Å². The molecule has 1 aromatic heterocycles. The molecule has 126 valence electrons. The van der Waals surface area contributed by atoms with Crippen LogP contribution in [0.1, 0.15) is 40.3 Å². The molecule has 0 aliphatic carbocycles. The summed E-state index contributed by atoms with van der Waals surface area (Å²) >= 11 is 0. The zero-order valence-corrected chi connectivity index (χ0v) is 13.9. The Labute approximate surface area is 140 Å². The highest BCUT2D eigenvalue weighted by molar-refractivity contribution is 5.95. The number of hydrogen-bond donors (Lipinski definition) is 2. The third-order valence-electron chi connectivity index (χ3n) is 3.80. The van der Waals surface area contributed by atoms with Gasteiger partial charge in [0.05, 0.1) is 12.7 Å². The highest BCUT2D eigenvalue weighted by atomic mass is 16.5. The van der Waals surface area contributed by atoms with Crippen LogP contribution < -0.4 is 10.1 Å². The Balaban J connectivity index is 2.06. The molecule has 6 heteroatoms. The summed E-state index contributed by atoms with van der Waals surface area (Å²) in [5, 5.41) is 11.8. The first-order valence-electron chi connectivity index (χ1n) is 7.45. The van der Waals surface area contributed by atoms with Crippen molar-refractivity contribution in [2.45, 2.75) is 19.3 Å². The number of benzene rings is 1. The van der Waals surface area contributed by atoms with Gasteiger partial charge < -0.3 is 15.2 Å². The third-order valence-corrected chi connectivity index (χ3v) is 3.80. The lowest BCUT2D eigenvalue weighted by molar-refractivity contribution is 0.0696. The van der Waals surface area contributed by atoms with Crippen LogP contribution in [0.25, 0.3) is 0 Å². The van der Waals surface area contributed by atoms with Gasteiger partial charge in [-0.2, -0.15) is 0 Å². The average molecular weight is 328 g/mol. The number of hydrogen-bond acceptors (Lipinski definition) is 4. The first-order valence-corrected chi connectivity index (χ1v) is 7.45. The summed E-state index contributed by atoms with van der Waals surface area (Å²) in [7, 11) is 1.61. The van der Waals surface area contributed by atoms with E-state index >= 15 is 0 Å². The number of nitrogens with one attached hydrogen (secondary N) is 1. The molecule has 0 spiro atoms. The van der Waals surface area contributed by atoms with E-state index < -0.39 is 11.9 Å². The highest BCUT2D eigenvalue weighted by Crippen LogP contribution is 2.24. The maximum absolute atomic E-state index is 12.2. The Hall–Kier alpha value is -2.89. The second-order valence-corrected chi connectivity index (χ2v) is 6.03. The maximum Gasteiger partial charge on any atom is 0.335 e. The normalized spacial score (nSPS) is 11.0. The van der Waals surface area contributed by atoms with E-state index in [9.17, 15) is 9.59 Å². The van der Waals surface area contributed by atoms with Crippen LogP contribution in [0.2, 0.25) is 0 Å². The van der Waals surface area contributed by atoms with E-state index in [1.54, 1.807) is 7.11 Å². The van der Waals surface area contributed by atoms with Gasteiger partial charge in [0.15, 0.2) is 0 Å². The van der Waals surface area contributed by atoms with Gasteiger partial charge in [-0.1, -0.05) is 26.0 Å². The summed E-state index contributed by atoms with van der Waals surface area (Å²) in [5.41, 5.74) is 0.868. The number of carboxylic acid groups (broad SMARTS) is 1. The molecule has 0 radical (unpaired) electrons. The molecule has 1 heterocycles. The van der Waals surface area contributed by atoms with E-state index in [1.165, 1.54) is 18.3 Å². The minimum atomic E-state index is -1.09. The number of aromatic nitrogens is 1. The minimum absolute atomic E-state index is 0.0320. The van der Waals surface area contributed by atoms with Crippen molar-refractivity contribution in [2.24, 2.45) is 0 Å². The summed E-state index contributed by atoms with van der Waals surface area (Å²) in [6, 6.07) is 10.3. The Bertz CT molecular complexity index is 739. The number of methoxy groups -OCH3 is 1. The molecule has 2 N–H and O–H groups in total. The SMILES string of the molecule is COc1ccc(C(C)(C)CNC(=O)c2cc(C(=O)O)ccn2)cc1. The molecule has 2 rings (SSSR count). The second kappa shape index (κ2) is 7.12. The Kier molecular flexibility index (Phi) is 5.18. The molecule has 0 fully saturated rings. The molecular weight excluding hydrogens is 308 g/mol. The quantitative estimate of drug-likeness (QED) is 0.850. The predicted molar refractivity (Wildman–Crippen MR) is 89.5 cm³/mol. The first kappa shape index (κ1) is 17.5. The van der Waals surface area contributed by atoms with E-state index in [0.29, 0.717) is 6.54 Å². The summed E-state index contributed by atoms with van der Waals surface area (Å²) in [6.07, 6.45) is 1.31. The Morgan fingerprint density at radius 2 is 1.88 bits per heavy atom. The molecule has 0 aliphatic rings. The van der Waals surface area contributed by atoms with E-state index in [2.05, 4.69) is 10.3 Å². The third kappa shape index (κ3) is 4.10. The average Bonchev–Trinajstić information content (AvgIpc) is 2.60. The number of amides is 1. The summed E-state index contributed by atoms with van der Waals surface area (Å²) in [6.45, 7) is 4.41. The van der Waals surface area contributed by atoms with Gasteiger partial charge in [-0.15, -0.1) is 0 Å². The van der Waals surface area contributed by atoms with Gasteiger partial charge >= 0.3 is 5.97 Å². The van der Waals surface area contributed by atoms with Crippen molar-refractivity contribution >= 4 is 11.9 Å². The zero-order valence-electron chi connectivity index (χ0n) is 13.9. The van der Waals surface area contributed by atoms with Crippen LogP contribution in [0.4, 0.5) is 0 Å². The number of carboxylic acids is 1. The van der Waals surface area contributed by atoms with Crippen molar-refractivity contribution in [1.82, 2.24) is 10.3 Å². The number of ether oxygens (including phenoxy) is 1. The van der Waals surface area contributed by atoms with Gasteiger partial charge in [0, 0.05) is 18.2 Å². The van der Waals surface area contributed by atoms with Crippen LogP contribution in [-0.4, -0.2) is 35.6 Å². The van der Waals surface area contributed by atoms with Crippen LogP contribution in [-0.2, 0) is 5.41 Å². The molecule has 0 aliphatic heterocycles. The van der Waals surface area contributed by atoms with E-state index in [0.717, 1.165) is 11.3 Å². The van der Waals surface area contributed by atoms with Gasteiger partial charge in [0.2, 0.25) is 0 Å². The molecule has 1 amide bonds. The number of carbonyl (C=O) groups excluding carboxylic acids is 1. The van der Waals surface area contributed by atoms with Crippen molar-refractivity contribution in [3.8, 4) is 5.75 Å². The van der Waals surface area contributed by atoms with Gasteiger partial charge in [0.25, 0.3) is 5.91 Å². The lowest BCUT2D eigenvalue weighted by Gasteiger charge is -2.25. The smallest absolute Gasteiger partial charge is 0.335 e. The number of carbonyl (C=O) groups is 2. The summed E-state index contributed by atoms with van der Waals surface area (Å²) in [4.78, 5) is 27.1. The van der Waals surface area contributed by atoms with Crippen molar-refractivity contribution in [3.05, 3.63) is 59.4 Å². The Morgan fingerprint density at radius 3 is 2.46 bits per heavy atom. The first-order chi connectivity index (χ1) is 11.3. The lowest BCUT2D eigenvalue weighted by Crippen LogP contribution is -2.37. The number of aromatic carboxylic acids is 1. The van der Waals surface area contributed by atoms with Gasteiger partial charge in [-0.05, 0) is 29.8 Å². The maximum atomic E-state index is 12.2. The van der Waals surface area contributed by atoms with Gasteiger partial charge in [-0.3, -0.25) is 9.78 Å². The van der Waals surface area contributed by atoms with Crippen LogP contribution in [0.3, 0.4) is 0 Å². The molecule has 6 nitrogen and oxygen atoms in total. The molecule has 0 unspecified atom stereocenters. The van der Waals surface area contributed by atoms with E-state index in [1.807, 2.05) is 38.1 Å². The topological polar surface area (TPSA) is 88.5 Å². The van der Waals surface area contributed by atoms with Crippen molar-refractivity contribution in [1.29, 1.82) is 0 Å². The number of nitrogens with zero attached hydrogens (tertiary/aromatic N) is 1. The molecule has 2 aromatic rings. The predicted octanol–water partition coefficient (Wildman–Crippen LogP) is 2.50. The van der Waals surface area contributed by atoms with Gasteiger partial charge in [0.1, 0.15) is 11.4 Å². The summed E-state index contributed by atoms with van der Waals surface area (Å²) in [5.74, 6) is -0.724. The fourth-order valence-electron chi connectivity index (χ4n) is 2.22. The fourth-order valence-corrected chi connectivity index (χ4v) is 2.22. The molecule has 1 aromatic carbocycles. The van der Waals surface area contributed by atoms with Crippen LogP contribution >= 0.6 is 0 Å². The second-order valence-electron chi connectivity index (χ2n) is 6.03. The molecular formula is C18H20N2O4. The van der Waals surface area contributed by atoms with Crippen LogP contribution in [0.15, 0.2) is 42.6 Å². The summed E-state index contributed by atoms with van der Waals surface area (Å²) < 4.78 is 5.14. The number of pyridine rings is 1. The van der Waals surface area contributed by atoms with E-state index in [-0.39, 0.29) is 16.7 Å². The van der Waals surface area contributed by atoms with Crippen molar-refractivity contribution < 1.29 is 19.4 Å². The highest BCUT2D eigenvalue weighted by Gasteiger charge is 2.22. The van der Waals surface area contributed by atoms with Gasteiger partial charge in [-0.25, -0.2) is 4.79 Å². The Morgan fingerprint density at radius 1 is 1.21 bits per heavy atom. The molecule has 0 atom stereocenters.